The Morgan fingerprint density at radius 3 is 2.88 bits per heavy atom. The summed E-state index contributed by atoms with van der Waals surface area (Å²) in [6.07, 6.45) is 4.47. The molecule has 0 fully saturated rings. The fourth-order valence-corrected chi connectivity index (χ4v) is 2.66. The van der Waals surface area contributed by atoms with Gasteiger partial charge in [0.2, 0.25) is 5.91 Å². The lowest BCUT2D eigenvalue weighted by atomic mass is 10.2. The summed E-state index contributed by atoms with van der Waals surface area (Å²) in [5.74, 6) is -0.539. The number of carbonyl (C=O) groups excluding carboxylic acids is 1. The van der Waals surface area contributed by atoms with Gasteiger partial charge >= 0.3 is 0 Å². The van der Waals surface area contributed by atoms with Gasteiger partial charge in [-0.1, -0.05) is 30.3 Å². The highest BCUT2D eigenvalue weighted by molar-refractivity contribution is 6.02. The van der Waals surface area contributed by atoms with E-state index in [0.717, 1.165) is 16.3 Å². The molecule has 26 heavy (non-hydrogen) atoms. The summed E-state index contributed by atoms with van der Waals surface area (Å²) < 4.78 is 15.4. The van der Waals surface area contributed by atoms with Gasteiger partial charge in [-0.15, -0.1) is 10.2 Å². The van der Waals surface area contributed by atoms with Gasteiger partial charge in [0.25, 0.3) is 0 Å². The zero-order chi connectivity index (χ0) is 18.1. The Balaban J connectivity index is 1.60. The molecule has 0 aliphatic carbocycles. The molecule has 0 saturated carbocycles. The highest BCUT2D eigenvalue weighted by Crippen LogP contribution is 2.18. The lowest BCUT2D eigenvalue weighted by Gasteiger charge is -2.04. The Morgan fingerprint density at radius 2 is 2.04 bits per heavy atom. The van der Waals surface area contributed by atoms with Crippen LogP contribution in [-0.2, 0) is 4.79 Å². The molecule has 0 atom stereocenters. The van der Waals surface area contributed by atoms with Crippen LogP contribution in [0, 0.1) is 12.7 Å². The maximum absolute atomic E-state index is 13.8. The van der Waals surface area contributed by atoms with Crippen molar-refractivity contribution in [1.82, 2.24) is 19.8 Å². The van der Waals surface area contributed by atoms with Crippen molar-refractivity contribution in [3.8, 4) is 0 Å². The number of anilines is 1. The normalized spacial score (nSPS) is 11.5. The summed E-state index contributed by atoms with van der Waals surface area (Å²) in [6.45, 7) is 1.78. The lowest BCUT2D eigenvalue weighted by Crippen LogP contribution is -2.09. The molecule has 2 heterocycles. The Kier molecular flexibility index (Phi) is 3.89. The number of aromatic nitrogens is 4. The number of aryl methyl sites for hydroxylation is 1. The van der Waals surface area contributed by atoms with Crippen molar-refractivity contribution in [1.29, 1.82) is 0 Å². The van der Waals surface area contributed by atoms with Crippen LogP contribution in [0.15, 0.2) is 54.7 Å². The average molecular weight is 347 g/mol. The van der Waals surface area contributed by atoms with E-state index < -0.39 is 11.7 Å². The highest BCUT2D eigenvalue weighted by atomic mass is 19.1. The van der Waals surface area contributed by atoms with Gasteiger partial charge < -0.3 is 5.32 Å². The first kappa shape index (κ1) is 15.9. The molecular weight excluding hydrogens is 333 g/mol. The van der Waals surface area contributed by atoms with Crippen LogP contribution in [0.1, 0.15) is 11.4 Å². The lowest BCUT2D eigenvalue weighted by molar-refractivity contribution is -0.111. The van der Waals surface area contributed by atoms with Crippen LogP contribution >= 0.6 is 0 Å². The molecule has 0 aliphatic heterocycles. The maximum atomic E-state index is 13.8. The first-order valence-corrected chi connectivity index (χ1v) is 7.96. The summed E-state index contributed by atoms with van der Waals surface area (Å²) >= 11 is 0. The molecular formula is C19H14FN5O. The third-order valence-electron chi connectivity index (χ3n) is 3.95. The number of amides is 1. The molecule has 4 aromatic rings. The number of carbonyl (C=O) groups is 1. The quantitative estimate of drug-likeness (QED) is 0.577. The van der Waals surface area contributed by atoms with Gasteiger partial charge in [0.15, 0.2) is 11.5 Å². The molecule has 1 amide bonds. The second kappa shape index (κ2) is 6.36. The summed E-state index contributed by atoms with van der Waals surface area (Å²) in [6, 6.07) is 12.3. The maximum Gasteiger partial charge on any atom is 0.248 e. The second-order valence-electron chi connectivity index (χ2n) is 5.83. The van der Waals surface area contributed by atoms with Crippen LogP contribution in [0.5, 0.6) is 0 Å². The van der Waals surface area contributed by atoms with Gasteiger partial charge in [0.1, 0.15) is 5.82 Å². The molecule has 2 aromatic heterocycles. The van der Waals surface area contributed by atoms with E-state index in [1.165, 1.54) is 24.3 Å². The minimum Gasteiger partial charge on any atom is -0.320 e. The molecule has 128 valence electrons. The number of nitrogens with one attached hydrogen (secondary N) is 1. The number of fused-ring (bicyclic) bond motifs is 3. The minimum atomic E-state index is -0.479. The van der Waals surface area contributed by atoms with Crippen LogP contribution in [0.4, 0.5) is 10.1 Å². The summed E-state index contributed by atoms with van der Waals surface area (Å²) in [7, 11) is 0. The predicted molar refractivity (Wildman–Crippen MR) is 97.1 cm³/mol. The molecule has 0 radical (unpaired) electrons. The van der Waals surface area contributed by atoms with Gasteiger partial charge in [-0.25, -0.2) is 4.39 Å². The molecule has 4 rings (SSSR count). The fraction of sp³-hybridized carbons (Fsp3) is 0.0526. The Morgan fingerprint density at radius 1 is 1.19 bits per heavy atom. The predicted octanol–water partition coefficient (Wildman–Crippen LogP) is 3.38. The van der Waals surface area contributed by atoms with Crippen LogP contribution in [0.25, 0.3) is 22.5 Å². The van der Waals surface area contributed by atoms with Crippen molar-refractivity contribution in [2.24, 2.45) is 0 Å². The molecule has 0 spiro atoms. The van der Waals surface area contributed by atoms with Crippen LogP contribution in [0.3, 0.4) is 0 Å². The molecule has 0 aliphatic rings. The smallest absolute Gasteiger partial charge is 0.248 e. The molecule has 0 bridgehead atoms. The Bertz CT molecular complexity index is 1170. The van der Waals surface area contributed by atoms with Crippen molar-refractivity contribution in [2.75, 3.05) is 5.32 Å². The van der Waals surface area contributed by atoms with Crippen molar-refractivity contribution in [2.45, 2.75) is 6.92 Å². The van der Waals surface area contributed by atoms with Crippen molar-refractivity contribution < 1.29 is 9.18 Å². The van der Waals surface area contributed by atoms with Gasteiger partial charge in [0.05, 0.1) is 11.9 Å². The van der Waals surface area contributed by atoms with Crippen molar-refractivity contribution in [3.63, 3.8) is 0 Å². The largest absolute Gasteiger partial charge is 0.320 e. The highest BCUT2D eigenvalue weighted by Gasteiger charge is 2.09. The Labute approximate surface area is 148 Å². The monoisotopic (exact) mass is 347 g/mol. The van der Waals surface area contributed by atoms with Gasteiger partial charge in [-0.2, -0.15) is 9.61 Å². The number of hydrogen-bond donors (Lipinski definition) is 1. The number of benzene rings is 2. The van der Waals surface area contributed by atoms with Crippen LogP contribution in [-0.4, -0.2) is 25.7 Å². The van der Waals surface area contributed by atoms with Gasteiger partial charge in [-0.3, -0.25) is 4.79 Å². The van der Waals surface area contributed by atoms with E-state index in [0.29, 0.717) is 11.5 Å². The topological polar surface area (TPSA) is 72.2 Å². The second-order valence-corrected chi connectivity index (χ2v) is 5.83. The zero-order valence-corrected chi connectivity index (χ0v) is 13.8. The first-order valence-electron chi connectivity index (χ1n) is 7.96. The van der Waals surface area contributed by atoms with E-state index in [-0.39, 0.29) is 5.69 Å². The number of hydrogen-bond acceptors (Lipinski definition) is 4. The van der Waals surface area contributed by atoms with E-state index in [9.17, 15) is 9.18 Å². The number of rotatable bonds is 3. The average Bonchev–Trinajstić information content (AvgIpc) is 3.06. The molecule has 7 heteroatoms. The third kappa shape index (κ3) is 2.90. The van der Waals surface area contributed by atoms with Crippen LogP contribution in [0.2, 0.25) is 0 Å². The van der Waals surface area contributed by atoms with E-state index in [4.69, 9.17) is 0 Å². The van der Waals surface area contributed by atoms with Gasteiger partial charge in [0, 0.05) is 16.8 Å². The van der Waals surface area contributed by atoms with Crippen molar-refractivity contribution >= 4 is 34.1 Å². The summed E-state index contributed by atoms with van der Waals surface area (Å²) in [4.78, 5) is 12.1. The minimum absolute atomic E-state index is 0.125. The van der Waals surface area contributed by atoms with Crippen LogP contribution < -0.4 is 5.32 Å². The standard InChI is InChI=1S/C19H14FN5O/c1-12-6-7-16(15(20)10-12)22-18(26)9-8-17-23-24-19-14-5-3-2-4-13(14)11-21-25(17)19/h2-11H,1H3,(H,22,26). The van der Waals surface area contributed by atoms with Crippen molar-refractivity contribution in [3.05, 3.63) is 71.9 Å². The summed E-state index contributed by atoms with van der Waals surface area (Å²) in [5, 5.41) is 16.9. The number of nitrogens with zero attached hydrogens (tertiary/aromatic N) is 4. The molecule has 0 unspecified atom stereocenters. The Hall–Kier alpha value is -3.61. The van der Waals surface area contributed by atoms with Gasteiger partial charge in [-0.05, 0) is 30.7 Å². The fourth-order valence-electron chi connectivity index (χ4n) is 2.66. The third-order valence-corrected chi connectivity index (χ3v) is 3.95. The van der Waals surface area contributed by atoms with E-state index in [1.54, 1.807) is 23.7 Å². The van der Waals surface area contributed by atoms with E-state index in [1.807, 2.05) is 24.3 Å². The number of halogens is 1. The zero-order valence-electron chi connectivity index (χ0n) is 13.8. The molecule has 2 aromatic carbocycles. The first-order chi connectivity index (χ1) is 12.6. The summed E-state index contributed by atoms with van der Waals surface area (Å²) in [5.41, 5.74) is 1.51. The van der Waals surface area contributed by atoms with E-state index in [2.05, 4.69) is 20.6 Å². The molecule has 1 N–H and O–H groups in total. The molecule has 6 nitrogen and oxygen atoms in total. The van der Waals surface area contributed by atoms with E-state index >= 15 is 0 Å². The molecule has 0 saturated heterocycles. The SMILES string of the molecule is Cc1ccc(NC(=O)C=Cc2nnc3c4ccccc4cnn23)c(F)c1.